The van der Waals surface area contributed by atoms with Crippen LogP contribution in [0.1, 0.15) is 32.2 Å². The quantitative estimate of drug-likeness (QED) is 0.771. The van der Waals surface area contributed by atoms with E-state index in [4.69, 9.17) is 5.73 Å². The number of thiophene rings is 1. The van der Waals surface area contributed by atoms with Gasteiger partial charge in [-0.15, -0.1) is 16.4 Å². The first kappa shape index (κ1) is 15.4. The molecule has 0 bridgehead atoms. The summed E-state index contributed by atoms with van der Waals surface area (Å²) in [5.41, 5.74) is 10.3. The zero-order chi connectivity index (χ0) is 16.6. The number of fused-ring (bicyclic) bond motifs is 1. The van der Waals surface area contributed by atoms with Gasteiger partial charge < -0.3 is 11.1 Å². The molecule has 0 aliphatic heterocycles. The van der Waals surface area contributed by atoms with Crippen molar-refractivity contribution in [3.8, 4) is 0 Å². The molecule has 3 heterocycles. The molecule has 0 radical (unpaired) electrons. The van der Waals surface area contributed by atoms with Crippen molar-refractivity contribution in [2.75, 3.05) is 5.73 Å². The van der Waals surface area contributed by atoms with Crippen LogP contribution >= 0.6 is 11.3 Å². The third-order valence-corrected chi connectivity index (χ3v) is 4.84. The maximum atomic E-state index is 12.4. The van der Waals surface area contributed by atoms with Crippen molar-refractivity contribution in [1.82, 2.24) is 20.5 Å². The molecule has 118 valence electrons. The standard InChI is InChI=1S/C16H17N5OS/c1-8-6-11(4-5-18-8)7-19-15(22)14-13(17)12-9(2)10(3)20-21-16(12)23-14/h4-6H,7,17H2,1-3H3,(H,19,22). The minimum Gasteiger partial charge on any atom is -0.397 e. The maximum absolute atomic E-state index is 12.4. The molecule has 0 saturated heterocycles. The molecule has 0 aromatic carbocycles. The average molecular weight is 327 g/mol. The third-order valence-electron chi connectivity index (χ3n) is 3.76. The number of pyridine rings is 1. The van der Waals surface area contributed by atoms with E-state index in [2.05, 4.69) is 20.5 Å². The van der Waals surface area contributed by atoms with E-state index in [-0.39, 0.29) is 5.91 Å². The molecule has 7 heteroatoms. The van der Waals surface area contributed by atoms with Gasteiger partial charge >= 0.3 is 0 Å². The first-order chi connectivity index (χ1) is 11.0. The van der Waals surface area contributed by atoms with Crippen LogP contribution in [0.15, 0.2) is 18.3 Å². The molecule has 0 spiro atoms. The Hall–Kier alpha value is -2.54. The Balaban J connectivity index is 1.87. The zero-order valence-electron chi connectivity index (χ0n) is 13.2. The molecule has 0 aliphatic rings. The lowest BCUT2D eigenvalue weighted by Crippen LogP contribution is -2.22. The number of aryl methyl sites for hydroxylation is 3. The molecule has 3 N–H and O–H groups in total. The smallest absolute Gasteiger partial charge is 0.263 e. The summed E-state index contributed by atoms with van der Waals surface area (Å²) < 4.78 is 0. The van der Waals surface area contributed by atoms with Crippen molar-refractivity contribution < 1.29 is 4.79 Å². The number of anilines is 1. The van der Waals surface area contributed by atoms with Crippen LogP contribution in [0.4, 0.5) is 5.69 Å². The van der Waals surface area contributed by atoms with Crippen molar-refractivity contribution in [3.63, 3.8) is 0 Å². The zero-order valence-corrected chi connectivity index (χ0v) is 14.0. The highest BCUT2D eigenvalue weighted by atomic mass is 32.1. The molecule has 1 amide bonds. The summed E-state index contributed by atoms with van der Waals surface area (Å²) in [5, 5.41) is 11.9. The molecule has 3 rings (SSSR count). The lowest BCUT2D eigenvalue weighted by atomic mass is 10.1. The maximum Gasteiger partial charge on any atom is 0.263 e. The van der Waals surface area contributed by atoms with Gasteiger partial charge in [0.05, 0.1) is 11.4 Å². The number of nitrogens with one attached hydrogen (secondary N) is 1. The van der Waals surface area contributed by atoms with Gasteiger partial charge in [0.15, 0.2) is 0 Å². The SMILES string of the molecule is Cc1cc(CNC(=O)c2sc3nnc(C)c(C)c3c2N)ccn1. The largest absolute Gasteiger partial charge is 0.397 e. The number of carbonyl (C=O) groups is 1. The van der Waals surface area contributed by atoms with E-state index in [9.17, 15) is 4.79 Å². The molecule has 3 aromatic heterocycles. The lowest BCUT2D eigenvalue weighted by Gasteiger charge is -2.05. The van der Waals surface area contributed by atoms with Crippen LogP contribution in [0.25, 0.3) is 10.2 Å². The Bertz CT molecular complexity index is 903. The van der Waals surface area contributed by atoms with Crippen LogP contribution in [-0.4, -0.2) is 21.1 Å². The van der Waals surface area contributed by atoms with Crippen molar-refractivity contribution in [3.05, 3.63) is 45.7 Å². The minimum absolute atomic E-state index is 0.197. The number of amides is 1. The number of rotatable bonds is 3. The Morgan fingerprint density at radius 3 is 2.83 bits per heavy atom. The molecule has 23 heavy (non-hydrogen) atoms. The van der Waals surface area contributed by atoms with E-state index in [1.807, 2.05) is 32.9 Å². The molecule has 0 saturated carbocycles. The van der Waals surface area contributed by atoms with Crippen molar-refractivity contribution >= 4 is 33.1 Å². The van der Waals surface area contributed by atoms with Gasteiger partial charge in [-0.1, -0.05) is 0 Å². The molecule has 3 aromatic rings. The number of aromatic nitrogens is 3. The summed E-state index contributed by atoms with van der Waals surface area (Å²) >= 11 is 1.27. The fraction of sp³-hybridized carbons (Fsp3) is 0.250. The normalized spacial score (nSPS) is 10.9. The van der Waals surface area contributed by atoms with E-state index in [1.54, 1.807) is 6.20 Å². The van der Waals surface area contributed by atoms with Crippen LogP contribution in [-0.2, 0) is 6.54 Å². The summed E-state index contributed by atoms with van der Waals surface area (Å²) in [4.78, 5) is 17.8. The monoisotopic (exact) mass is 327 g/mol. The predicted molar refractivity (Wildman–Crippen MR) is 91.4 cm³/mol. The van der Waals surface area contributed by atoms with Crippen LogP contribution in [0.2, 0.25) is 0 Å². The van der Waals surface area contributed by atoms with Crippen LogP contribution in [0.5, 0.6) is 0 Å². The summed E-state index contributed by atoms with van der Waals surface area (Å²) in [6.45, 7) is 6.17. The second-order valence-corrected chi connectivity index (χ2v) is 6.42. The first-order valence-corrected chi connectivity index (χ1v) is 8.00. The number of nitrogen functional groups attached to an aromatic ring is 1. The fourth-order valence-electron chi connectivity index (χ4n) is 2.39. The van der Waals surface area contributed by atoms with Crippen LogP contribution in [0.3, 0.4) is 0 Å². The number of hydrogen-bond acceptors (Lipinski definition) is 6. The van der Waals surface area contributed by atoms with Gasteiger partial charge in [0, 0.05) is 23.8 Å². The minimum atomic E-state index is -0.197. The number of nitrogens with two attached hydrogens (primary N) is 1. The highest BCUT2D eigenvalue weighted by Gasteiger charge is 2.19. The number of hydrogen-bond donors (Lipinski definition) is 2. The highest BCUT2D eigenvalue weighted by Crippen LogP contribution is 2.34. The second-order valence-electron chi connectivity index (χ2n) is 5.42. The summed E-state index contributed by atoms with van der Waals surface area (Å²) in [7, 11) is 0. The van der Waals surface area contributed by atoms with Crippen molar-refractivity contribution in [2.24, 2.45) is 0 Å². The molecule has 0 aliphatic carbocycles. The molecular weight excluding hydrogens is 310 g/mol. The van der Waals surface area contributed by atoms with Gasteiger partial charge in [-0.3, -0.25) is 9.78 Å². The van der Waals surface area contributed by atoms with Crippen LogP contribution in [0, 0.1) is 20.8 Å². The lowest BCUT2D eigenvalue weighted by molar-refractivity contribution is 0.0956. The summed E-state index contributed by atoms with van der Waals surface area (Å²) in [6, 6.07) is 3.81. The topological polar surface area (TPSA) is 93.8 Å². The summed E-state index contributed by atoms with van der Waals surface area (Å²) in [6.07, 6.45) is 1.73. The Labute approximate surface area is 137 Å². The number of nitrogens with zero attached hydrogens (tertiary/aromatic N) is 3. The molecule has 0 unspecified atom stereocenters. The van der Waals surface area contributed by atoms with E-state index in [0.717, 1.165) is 27.9 Å². The van der Waals surface area contributed by atoms with Gasteiger partial charge in [0.2, 0.25) is 0 Å². The van der Waals surface area contributed by atoms with Gasteiger partial charge in [0.25, 0.3) is 5.91 Å². The van der Waals surface area contributed by atoms with Gasteiger partial charge in [0.1, 0.15) is 9.71 Å². The molecular formula is C16H17N5OS. The van der Waals surface area contributed by atoms with E-state index >= 15 is 0 Å². The van der Waals surface area contributed by atoms with Gasteiger partial charge in [-0.2, -0.15) is 5.10 Å². The van der Waals surface area contributed by atoms with Gasteiger partial charge in [-0.05, 0) is 44.0 Å². The summed E-state index contributed by atoms with van der Waals surface area (Å²) in [5.74, 6) is -0.197. The van der Waals surface area contributed by atoms with Crippen molar-refractivity contribution in [1.29, 1.82) is 0 Å². The van der Waals surface area contributed by atoms with Crippen molar-refractivity contribution in [2.45, 2.75) is 27.3 Å². The molecule has 0 atom stereocenters. The Morgan fingerprint density at radius 1 is 1.30 bits per heavy atom. The fourth-order valence-corrected chi connectivity index (χ4v) is 3.40. The second kappa shape index (κ2) is 5.92. The highest BCUT2D eigenvalue weighted by molar-refractivity contribution is 7.21. The van der Waals surface area contributed by atoms with Crippen LogP contribution < -0.4 is 11.1 Å². The molecule has 0 fully saturated rings. The van der Waals surface area contributed by atoms with E-state index in [0.29, 0.717) is 21.9 Å². The van der Waals surface area contributed by atoms with E-state index in [1.165, 1.54) is 11.3 Å². The van der Waals surface area contributed by atoms with E-state index < -0.39 is 0 Å². The number of carbonyl (C=O) groups excluding carboxylic acids is 1. The first-order valence-electron chi connectivity index (χ1n) is 7.19. The Kier molecular flexibility index (Phi) is 3.96. The van der Waals surface area contributed by atoms with Gasteiger partial charge in [-0.25, -0.2) is 0 Å². The molecule has 6 nitrogen and oxygen atoms in total. The predicted octanol–water partition coefficient (Wildman–Crippen LogP) is 2.52. The third kappa shape index (κ3) is 2.87. The Morgan fingerprint density at radius 2 is 2.09 bits per heavy atom. The average Bonchev–Trinajstić information content (AvgIpc) is 2.86.